The van der Waals surface area contributed by atoms with Crippen molar-refractivity contribution in [1.82, 2.24) is 25.0 Å². The lowest BCUT2D eigenvalue weighted by atomic mass is 9.96. The first kappa shape index (κ1) is 17.3. The van der Waals surface area contributed by atoms with Crippen LogP contribution >= 0.6 is 11.6 Å². The highest BCUT2D eigenvalue weighted by molar-refractivity contribution is 6.31. The molecular weight excluding hydrogens is 314 g/mol. The van der Waals surface area contributed by atoms with Crippen molar-refractivity contribution in [1.29, 1.82) is 0 Å². The number of hydrogen-bond donors (Lipinski definition) is 1. The smallest absolute Gasteiger partial charge is 0.318 e. The van der Waals surface area contributed by atoms with Gasteiger partial charge in [0.25, 0.3) is 0 Å². The first-order valence-corrected chi connectivity index (χ1v) is 7.87. The molecule has 1 N–H and O–H groups in total. The summed E-state index contributed by atoms with van der Waals surface area (Å²) in [6.07, 6.45) is 1.47. The number of nitrogens with zero attached hydrogens (tertiary/aromatic N) is 4. The van der Waals surface area contributed by atoms with Crippen molar-refractivity contribution < 1.29 is 4.79 Å². The Morgan fingerprint density at radius 1 is 1.39 bits per heavy atom. The number of benzene rings is 1. The van der Waals surface area contributed by atoms with Crippen LogP contribution in [0.4, 0.5) is 4.79 Å². The number of urea groups is 1. The van der Waals surface area contributed by atoms with Gasteiger partial charge in [0.2, 0.25) is 0 Å². The van der Waals surface area contributed by atoms with Crippen molar-refractivity contribution >= 4 is 17.6 Å². The number of nitrogens with one attached hydrogen (secondary N) is 1. The number of carbonyl (C=O) groups excluding carboxylic acids is 1. The fraction of sp³-hybridized carbons (Fsp3) is 0.438. The molecule has 0 aliphatic carbocycles. The molecule has 1 aromatic carbocycles. The summed E-state index contributed by atoms with van der Waals surface area (Å²) in [6, 6.07) is 7.25. The highest BCUT2D eigenvalue weighted by atomic mass is 35.5. The maximum Gasteiger partial charge on any atom is 0.318 e. The lowest BCUT2D eigenvalue weighted by molar-refractivity contribution is 0.197. The highest BCUT2D eigenvalue weighted by Crippen LogP contribution is 2.28. The minimum absolute atomic E-state index is 0.154. The summed E-state index contributed by atoms with van der Waals surface area (Å²) in [5.41, 5.74) is 0.921. The first-order chi connectivity index (χ1) is 10.9. The molecule has 0 bridgehead atoms. The third kappa shape index (κ3) is 4.22. The third-order valence-corrected chi connectivity index (χ3v) is 4.06. The summed E-state index contributed by atoms with van der Waals surface area (Å²) >= 11 is 6.28. The maximum atomic E-state index is 12.5. The van der Waals surface area contributed by atoms with Crippen LogP contribution in [0.2, 0.25) is 5.02 Å². The fourth-order valence-electron chi connectivity index (χ4n) is 2.32. The number of rotatable bonds is 5. The Morgan fingerprint density at radius 2 is 2.09 bits per heavy atom. The van der Waals surface area contributed by atoms with Gasteiger partial charge in [-0.15, -0.1) is 0 Å². The van der Waals surface area contributed by atoms with Crippen molar-refractivity contribution in [2.24, 2.45) is 13.0 Å². The first-order valence-electron chi connectivity index (χ1n) is 7.49. The van der Waals surface area contributed by atoms with E-state index < -0.39 is 0 Å². The van der Waals surface area contributed by atoms with Crippen molar-refractivity contribution in [2.45, 2.75) is 26.4 Å². The SMILES string of the molecule is CC(C)[C@@H](NC(=O)N(C)Cc1ncnn1C)c1ccccc1Cl. The predicted molar refractivity (Wildman–Crippen MR) is 90.0 cm³/mol. The van der Waals surface area contributed by atoms with Crippen LogP contribution in [0.3, 0.4) is 0 Å². The van der Waals surface area contributed by atoms with Gasteiger partial charge in [-0.05, 0) is 17.5 Å². The molecule has 6 nitrogen and oxygen atoms in total. The van der Waals surface area contributed by atoms with Gasteiger partial charge in [-0.2, -0.15) is 5.10 Å². The molecule has 0 fully saturated rings. The molecule has 1 heterocycles. The van der Waals surface area contributed by atoms with E-state index in [0.29, 0.717) is 11.6 Å². The second kappa shape index (κ2) is 7.46. The standard InChI is InChI=1S/C16H22ClN5O/c1-11(2)15(12-7-5-6-8-13(12)17)20-16(23)21(3)9-14-18-10-19-22(14)4/h5-8,10-11,15H,9H2,1-4H3,(H,20,23)/t15-/m1/s1. The number of hydrogen-bond acceptors (Lipinski definition) is 3. The van der Waals surface area contributed by atoms with Crippen LogP contribution in [0.25, 0.3) is 0 Å². The molecule has 0 saturated heterocycles. The molecule has 0 radical (unpaired) electrons. The van der Waals surface area contributed by atoms with E-state index in [1.807, 2.05) is 24.3 Å². The second-order valence-corrected chi connectivity index (χ2v) is 6.26. The van der Waals surface area contributed by atoms with E-state index in [9.17, 15) is 4.79 Å². The van der Waals surface area contributed by atoms with E-state index in [4.69, 9.17) is 11.6 Å². The van der Waals surface area contributed by atoms with E-state index in [2.05, 4.69) is 29.2 Å². The molecule has 0 spiro atoms. The van der Waals surface area contributed by atoms with Crippen LogP contribution in [0.5, 0.6) is 0 Å². The van der Waals surface area contributed by atoms with E-state index in [1.165, 1.54) is 6.33 Å². The van der Waals surface area contributed by atoms with Crippen molar-refractivity contribution in [3.05, 3.63) is 47.0 Å². The zero-order chi connectivity index (χ0) is 17.0. The summed E-state index contributed by atoms with van der Waals surface area (Å²) in [5, 5.41) is 7.71. The van der Waals surface area contributed by atoms with Gasteiger partial charge in [0.15, 0.2) is 0 Å². The molecule has 2 aromatic rings. The normalized spacial score (nSPS) is 12.3. The monoisotopic (exact) mass is 335 g/mol. The minimum Gasteiger partial charge on any atom is -0.331 e. The van der Waals surface area contributed by atoms with E-state index in [-0.39, 0.29) is 18.0 Å². The molecule has 2 amide bonds. The number of aromatic nitrogens is 3. The average molecular weight is 336 g/mol. The zero-order valence-electron chi connectivity index (χ0n) is 13.8. The predicted octanol–water partition coefficient (Wildman–Crippen LogP) is 3.01. The number of halogens is 1. The lowest BCUT2D eigenvalue weighted by Gasteiger charge is -2.27. The van der Waals surface area contributed by atoms with E-state index in [0.717, 1.165) is 11.4 Å². The van der Waals surface area contributed by atoms with Gasteiger partial charge in [0, 0.05) is 19.1 Å². The molecule has 1 atom stereocenters. The maximum absolute atomic E-state index is 12.5. The Balaban J connectivity index is 2.09. The fourth-order valence-corrected chi connectivity index (χ4v) is 2.57. The molecule has 0 unspecified atom stereocenters. The minimum atomic E-state index is -0.174. The molecule has 23 heavy (non-hydrogen) atoms. The van der Waals surface area contributed by atoms with Crippen molar-refractivity contribution in [3.8, 4) is 0 Å². The lowest BCUT2D eigenvalue weighted by Crippen LogP contribution is -2.41. The van der Waals surface area contributed by atoms with Crippen LogP contribution in [0.1, 0.15) is 31.3 Å². The van der Waals surface area contributed by atoms with Gasteiger partial charge in [0.1, 0.15) is 12.2 Å². The molecule has 1 aromatic heterocycles. The molecular formula is C16H22ClN5O. The van der Waals surface area contributed by atoms with E-state index in [1.54, 1.807) is 23.7 Å². The van der Waals surface area contributed by atoms with Gasteiger partial charge < -0.3 is 10.2 Å². The second-order valence-electron chi connectivity index (χ2n) is 5.85. The Hall–Kier alpha value is -2.08. The Morgan fingerprint density at radius 3 is 2.65 bits per heavy atom. The molecule has 7 heteroatoms. The van der Waals surface area contributed by atoms with E-state index >= 15 is 0 Å². The Kier molecular flexibility index (Phi) is 5.60. The molecule has 0 saturated carbocycles. The summed E-state index contributed by atoms with van der Waals surface area (Å²) in [4.78, 5) is 18.2. The number of carbonyl (C=O) groups is 1. The Bertz CT molecular complexity index is 670. The van der Waals surface area contributed by atoms with Crippen LogP contribution in [0.15, 0.2) is 30.6 Å². The summed E-state index contributed by atoms with van der Waals surface area (Å²) in [5.74, 6) is 0.934. The summed E-state index contributed by atoms with van der Waals surface area (Å²) in [7, 11) is 3.53. The number of amides is 2. The number of aryl methyl sites for hydroxylation is 1. The van der Waals surface area contributed by atoms with Gasteiger partial charge in [0.05, 0.1) is 12.6 Å². The van der Waals surface area contributed by atoms with Crippen LogP contribution in [-0.4, -0.2) is 32.7 Å². The van der Waals surface area contributed by atoms with Crippen LogP contribution < -0.4 is 5.32 Å². The van der Waals surface area contributed by atoms with Crippen LogP contribution in [-0.2, 0) is 13.6 Å². The van der Waals surface area contributed by atoms with Gasteiger partial charge in [-0.3, -0.25) is 4.68 Å². The summed E-state index contributed by atoms with van der Waals surface area (Å²) in [6.45, 7) is 4.49. The topological polar surface area (TPSA) is 63.1 Å². The highest BCUT2D eigenvalue weighted by Gasteiger charge is 2.22. The van der Waals surface area contributed by atoms with Gasteiger partial charge >= 0.3 is 6.03 Å². The zero-order valence-corrected chi connectivity index (χ0v) is 14.6. The van der Waals surface area contributed by atoms with Crippen molar-refractivity contribution in [2.75, 3.05) is 7.05 Å². The molecule has 2 rings (SSSR count). The van der Waals surface area contributed by atoms with Crippen LogP contribution in [0, 0.1) is 5.92 Å². The molecule has 0 aliphatic rings. The van der Waals surface area contributed by atoms with Gasteiger partial charge in [-0.25, -0.2) is 9.78 Å². The Labute approximate surface area is 141 Å². The largest absolute Gasteiger partial charge is 0.331 e. The molecule has 0 aliphatic heterocycles. The quantitative estimate of drug-likeness (QED) is 0.913. The average Bonchev–Trinajstić information content (AvgIpc) is 2.90. The van der Waals surface area contributed by atoms with Crippen molar-refractivity contribution in [3.63, 3.8) is 0 Å². The molecule has 124 valence electrons. The third-order valence-electron chi connectivity index (χ3n) is 3.72. The van der Waals surface area contributed by atoms with Gasteiger partial charge in [-0.1, -0.05) is 43.6 Å². The summed E-state index contributed by atoms with van der Waals surface area (Å²) < 4.78 is 1.65.